The zero-order valence-electron chi connectivity index (χ0n) is 8.13. The average molecular weight is 227 g/mol. The van der Waals surface area contributed by atoms with Crippen molar-refractivity contribution in [3.8, 4) is 0 Å². The second-order valence-corrected chi connectivity index (χ2v) is 5.59. The molecule has 0 saturated carbocycles. The van der Waals surface area contributed by atoms with E-state index in [0.29, 0.717) is 18.4 Å². The fourth-order valence-electron chi connectivity index (χ4n) is 2.05. The molecule has 2 atom stereocenters. The van der Waals surface area contributed by atoms with Crippen LogP contribution in [0.3, 0.4) is 0 Å². The fourth-order valence-corrected chi connectivity index (χ4v) is 3.00. The molecule has 0 heterocycles. The van der Waals surface area contributed by atoms with Crippen molar-refractivity contribution in [2.45, 2.75) is 24.2 Å². The summed E-state index contributed by atoms with van der Waals surface area (Å²) in [5.41, 5.74) is 1.69. The lowest BCUT2D eigenvalue weighted by Crippen LogP contribution is -2.37. The van der Waals surface area contributed by atoms with Crippen molar-refractivity contribution in [1.82, 2.24) is 0 Å². The van der Waals surface area contributed by atoms with Crippen LogP contribution in [0.2, 0.25) is 0 Å². The van der Waals surface area contributed by atoms with Gasteiger partial charge in [0.25, 0.3) is 0 Å². The maximum Gasteiger partial charge on any atom is 0.214 e. The van der Waals surface area contributed by atoms with Gasteiger partial charge in [0, 0.05) is 0 Å². The molecule has 0 bridgehead atoms. The monoisotopic (exact) mass is 227 g/mol. The van der Waals surface area contributed by atoms with Gasteiger partial charge in [-0.1, -0.05) is 24.3 Å². The van der Waals surface area contributed by atoms with Crippen LogP contribution in [0.5, 0.6) is 0 Å². The molecule has 0 radical (unpaired) electrons. The molecule has 0 saturated heterocycles. The molecule has 1 aromatic carbocycles. The van der Waals surface area contributed by atoms with E-state index in [1.165, 1.54) is 0 Å². The van der Waals surface area contributed by atoms with E-state index in [2.05, 4.69) is 0 Å². The lowest BCUT2D eigenvalue weighted by molar-refractivity contribution is 0.159. The Hall–Kier alpha value is -0.910. The molecule has 82 valence electrons. The molecule has 0 amide bonds. The first-order valence-corrected chi connectivity index (χ1v) is 6.38. The van der Waals surface area contributed by atoms with Gasteiger partial charge in [0.15, 0.2) is 0 Å². The Kier molecular flexibility index (Phi) is 2.54. The van der Waals surface area contributed by atoms with Crippen LogP contribution in [0.25, 0.3) is 0 Å². The third kappa shape index (κ3) is 1.90. The van der Waals surface area contributed by atoms with Crippen LogP contribution in [0.15, 0.2) is 24.3 Å². The first-order chi connectivity index (χ1) is 7.00. The molecule has 1 aliphatic rings. The van der Waals surface area contributed by atoms with Crippen molar-refractivity contribution in [2.75, 3.05) is 0 Å². The number of hydrogen-bond donors (Lipinski definition) is 2. The lowest BCUT2D eigenvalue weighted by atomic mass is 9.89. The molecular weight excluding hydrogens is 214 g/mol. The molecule has 0 spiro atoms. The minimum Gasteiger partial charge on any atom is -0.387 e. The Morgan fingerprint density at radius 3 is 2.67 bits per heavy atom. The zero-order valence-corrected chi connectivity index (χ0v) is 8.94. The van der Waals surface area contributed by atoms with Gasteiger partial charge in [-0.3, -0.25) is 0 Å². The van der Waals surface area contributed by atoms with E-state index in [0.717, 1.165) is 5.56 Å². The number of fused-ring (bicyclic) bond motifs is 1. The molecule has 0 fully saturated rings. The largest absolute Gasteiger partial charge is 0.387 e. The Labute approximate surface area is 88.8 Å². The van der Waals surface area contributed by atoms with Gasteiger partial charge >= 0.3 is 0 Å². The topological polar surface area (TPSA) is 80.4 Å². The van der Waals surface area contributed by atoms with Crippen LogP contribution in [-0.4, -0.2) is 18.8 Å². The van der Waals surface area contributed by atoms with E-state index in [9.17, 15) is 13.5 Å². The summed E-state index contributed by atoms with van der Waals surface area (Å²) < 4.78 is 22.4. The number of aryl methyl sites for hydroxylation is 1. The summed E-state index contributed by atoms with van der Waals surface area (Å²) in [4.78, 5) is 0. The van der Waals surface area contributed by atoms with Gasteiger partial charge < -0.3 is 5.11 Å². The third-order valence-electron chi connectivity index (χ3n) is 2.85. The van der Waals surface area contributed by atoms with Crippen molar-refractivity contribution in [3.63, 3.8) is 0 Å². The van der Waals surface area contributed by atoms with Crippen LogP contribution < -0.4 is 5.14 Å². The highest BCUT2D eigenvalue weighted by Crippen LogP contribution is 2.32. The SMILES string of the molecule is NS(=O)(=O)C1CCc2ccccc2C1O. The number of aliphatic hydroxyl groups is 1. The van der Waals surface area contributed by atoms with Gasteiger partial charge in [0.1, 0.15) is 5.25 Å². The first kappa shape index (κ1) is 10.6. The Balaban J connectivity index is 2.42. The van der Waals surface area contributed by atoms with E-state index < -0.39 is 21.4 Å². The quantitative estimate of drug-likeness (QED) is 0.725. The van der Waals surface area contributed by atoms with Gasteiger partial charge in [-0.25, -0.2) is 13.6 Å². The van der Waals surface area contributed by atoms with E-state index in [1.54, 1.807) is 12.1 Å². The van der Waals surface area contributed by atoms with Gasteiger partial charge in [0.05, 0.1) is 6.10 Å². The Morgan fingerprint density at radius 2 is 2.00 bits per heavy atom. The van der Waals surface area contributed by atoms with Gasteiger partial charge in [-0.05, 0) is 24.0 Å². The molecule has 5 heteroatoms. The zero-order chi connectivity index (χ0) is 11.1. The number of nitrogens with two attached hydrogens (primary N) is 1. The van der Waals surface area contributed by atoms with Crippen molar-refractivity contribution in [1.29, 1.82) is 0 Å². The predicted molar refractivity (Wildman–Crippen MR) is 56.6 cm³/mol. The molecule has 2 rings (SSSR count). The summed E-state index contributed by atoms with van der Waals surface area (Å²) >= 11 is 0. The highest BCUT2D eigenvalue weighted by atomic mass is 32.2. The summed E-state index contributed by atoms with van der Waals surface area (Å²) in [7, 11) is -3.67. The number of rotatable bonds is 1. The third-order valence-corrected chi connectivity index (χ3v) is 4.18. The number of benzene rings is 1. The second kappa shape index (κ2) is 3.59. The minimum absolute atomic E-state index is 0.386. The van der Waals surface area contributed by atoms with E-state index in [4.69, 9.17) is 5.14 Å². The Bertz CT molecular complexity index is 469. The summed E-state index contributed by atoms with van der Waals surface area (Å²) in [6.07, 6.45) is 0.0377. The van der Waals surface area contributed by atoms with Gasteiger partial charge in [0.2, 0.25) is 10.0 Å². The molecule has 15 heavy (non-hydrogen) atoms. The molecule has 1 aliphatic carbocycles. The van der Waals surface area contributed by atoms with Crippen LogP contribution in [0.4, 0.5) is 0 Å². The maximum absolute atomic E-state index is 11.2. The first-order valence-electron chi connectivity index (χ1n) is 4.77. The van der Waals surface area contributed by atoms with E-state index in [-0.39, 0.29) is 0 Å². The van der Waals surface area contributed by atoms with Crippen LogP contribution in [0.1, 0.15) is 23.7 Å². The van der Waals surface area contributed by atoms with Crippen LogP contribution in [-0.2, 0) is 16.4 Å². The molecule has 4 nitrogen and oxygen atoms in total. The molecule has 0 aliphatic heterocycles. The predicted octanol–water partition coefficient (Wildman–Crippen LogP) is 0.323. The molecule has 3 N–H and O–H groups in total. The van der Waals surface area contributed by atoms with Crippen molar-refractivity contribution >= 4 is 10.0 Å². The van der Waals surface area contributed by atoms with Crippen molar-refractivity contribution < 1.29 is 13.5 Å². The highest BCUT2D eigenvalue weighted by Gasteiger charge is 2.34. The molecule has 2 unspecified atom stereocenters. The smallest absolute Gasteiger partial charge is 0.214 e. The normalized spacial score (nSPS) is 26.0. The standard InChI is InChI=1S/C10H13NO3S/c11-15(13,14)9-6-5-7-3-1-2-4-8(7)10(9)12/h1-4,9-10,12H,5-6H2,(H2,11,13,14). The highest BCUT2D eigenvalue weighted by molar-refractivity contribution is 7.89. The second-order valence-electron chi connectivity index (χ2n) is 3.81. The Morgan fingerprint density at radius 1 is 1.33 bits per heavy atom. The summed E-state index contributed by atoms with van der Waals surface area (Å²) in [5, 5.41) is 14.1. The molecular formula is C10H13NO3S. The number of sulfonamides is 1. The number of aliphatic hydroxyl groups excluding tert-OH is 1. The average Bonchev–Trinajstić information content (AvgIpc) is 2.16. The lowest BCUT2D eigenvalue weighted by Gasteiger charge is -2.28. The maximum atomic E-state index is 11.2. The van der Waals surface area contributed by atoms with Crippen LogP contribution >= 0.6 is 0 Å². The number of primary sulfonamides is 1. The number of hydrogen-bond acceptors (Lipinski definition) is 3. The van der Waals surface area contributed by atoms with Gasteiger partial charge in [-0.15, -0.1) is 0 Å². The molecule has 0 aromatic heterocycles. The van der Waals surface area contributed by atoms with Crippen LogP contribution in [0, 0.1) is 0 Å². The molecule has 1 aromatic rings. The summed E-state index contributed by atoms with van der Waals surface area (Å²) in [6, 6.07) is 7.31. The van der Waals surface area contributed by atoms with Crippen molar-refractivity contribution in [3.05, 3.63) is 35.4 Å². The van der Waals surface area contributed by atoms with E-state index >= 15 is 0 Å². The van der Waals surface area contributed by atoms with Crippen molar-refractivity contribution in [2.24, 2.45) is 5.14 Å². The fraction of sp³-hybridized carbons (Fsp3) is 0.400. The van der Waals surface area contributed by atoms with Gasteiger partial charge in [-0.2, -0.15) is 0 Å². The minimum atomic E-state index is -3.67. The summed E-state index contributed by atoms with van der Waals surface area (Å²) in [5.74, 6) is 0. The van der Waals surface area contributed by atoms with E-state index in [1.807, 2.05) is 12.1 Å². The summed E-state index contributed by atoms with van der Waals surface area (Å²) in [6.45, 7) is 0.